The van der Waals surface area contributed by atoms with Crippen LogP contribution in [0, 0.1) is 11.6 Å². The van der Waals surface area contributed by atoms with Crippen LogP contribution in [-0.4, -0.2) is 0 Å². The van der Waals surface area contributed by atoms with E-state index in [1.165, 1.54) is 12.1 Å². The monoisotopic (exact) mass is 366 g/mol. The summed E-state index contributed by atoms with van der Waals surface area (Å²) in [5.41, 5.74) is 0.630. The molecule has 0 heterocycles. The Morgan fingerprint density at radius 1 is 1.11 bits per heavy atom. The predicted molar refractivity (Wildman–Crippen MR) is 75.1 cm³/mol. The van der Waals surface area contributed by atoms with Crippen LogP contribution < -0.4 is 4.74 Å². The van der Waals surface area contributed by atoms with Crippen molar-refractivity contribution in [2.24, 2.45) is 0 Å². The molecule has 0 saturated carbocycles. The fourth-order valence-electron chi connectivity index (χ4n) is 1.46. The summed E-state index contributed by atoms with van der Waals surface area (Å²) in [5.74, 6) is -1.84. The van der Waals surface area contributed by atoms with E-state index in [0.717, 1.165) is 6.07 Å². The molecule has 100 valence electrons. The zero-order chi connectivity index (χ0) is 14.0. The van der Waals surface area contributed by atoms with Crippen LogP contribution in [0.15, 0.2) is 34.8 Å². The summed E-state index contributed by atoms with van der Waals surface area (Å²) in [5, 5.41) is 0.416. The highest BCUT2D eigenvalue weighted by Gasteiger charge is 2.14. The lowest BCUT2D eigenvalue weighted by Gasteiger charge is -2.11. The second-order valence-corrected chi connectivity index (χ2v) is 5.31. The first-order chi connectivity index (χ1) is 9.01. The molecule has 2 aromatic rings. The third-order valence-electron chi connectivity index (χ3n) is 2.35. The molecule has 0 fully saturated rings. The van der Waals surface area contributed by atoms with Crippen LogP contribution >= 0.6 is 39.1 Å². The van der Waals surface area contributed by atoms with E-state index in [2.05, 4.69) is 15.9 Å². The van der Waals surface area contributed by atoms with Crippen molar-refractivity contribution in [2.75, 3.05) is 0 Å². The van der Waals surface area contributed by atoms with E-state index >= 15 is 0 Å². The summed E-state index contributed by atoms with van der Waals surface area (Å²) in [6.07, 6.45) is 0. The Hall–Kier alpha value is -0.840. The second kappa shape index (κ2) is 6.07. The predicted octanol–water partition coefficient (Wildman–Crippen LogP) is 5.91. The molecule has 2 rings (SSSR count). The summed E-state index contributed by atoms with van der Waals surface area (Å²) in [6.45, 7) is 0. The maximum Gasteiger partial charge on any atom is 0.201 e. The van der Waals surface area contributed by atoms with Crippen molar-refractivity contribution < 1.29 is 13.5 Å². The molecule has 0 amide bonds. The minimum Gasteiger partial charge on any atom is -0.454 e. The van der Waals surface area contributed by atoms with Crippen molar-refractivity contribution in [3.05, 3.63) is 57.0 Å². The van der Waals surface area contributed by atoms with Gasteiger partial charge in [0.1, 0.15) is 5.75 Å². The maximum absolute atomic E-state index is 13.6. The Morgan fingerprint density at radius 2 is 1.84 bits per heavy atom. The zero-order valence-electron chi connectivity index (χ0n) is 9.39. The van der Waals surface area contributed by atoms with Gasteiger partial charge in [0, 0.05) is 15.1 Å². The first-order valence-corrected chi connectivity index (χ1v) is 6.88. The van der Waals surface area contributed by atoms with E-state index in [4.69, 9.17) is 27.9 Å². The van der Waals surface area contributed by atoms with Crippen LogP contribution in [-0.2, 0) is 5.88 Å². The molecule has 0 aliphatic carbocycles. The van der Waals surface area contributed by atoms with Crippen molar-refractivity contribution >= 4 is 39.1 Å². The van der Waals surface area contributed by atoms with E-state index < -0.39 is 11.6 Å². The van der Waals surface area contributed by atoms with Gasteiger partial charge in [-0.05, 0) is 24.3 Å². The number of halogens is 5. The molecule has 2 aromatic carbocycles. The van der Waals surface area contributed by atoms with Gasteiger partial charge in [0.05, 0.1) is 5.88 Å². The van der Waals surface area contributed by atoms with Gasteiger partial charge in [-0.3, -0.25) is 0 Å². The number of hydrogen-bond donors (Lipinski definition) is 0. The van der Waals surface area contributed by atoms with Crippen LogP contribution in [0.1, 0.15) is 5.56 Å². The SMILES string of the molecule is Fc1cc(Br)cc(Oc2cc(Cl)ccc2CCl)c1F. The van der Waals surface area contributed by atoms with E-state index in [1.54, 1.807) is 12.1 Å². The number of alkyl halides is 1. The van der Waals surface area contributed by atoms with E-state index in [9.17, 15) is 8.78 Å². The molecule has 0 bridgehead atoms. The Labute approximate surface area is 127 Å². The summed E-state index contributed by atoms with van der Waals surface area (Å²) in [4.78, 5) is 0. The Morgan fingerprint density at radius 3 is 2.53 bits per heavy atom. The summed E-state index contributed by atoms with van der Waals surface area (Å²) in [6, 6.07) is 7.15. The van der Waals surface area contributed by atoms with Crippen molar-refractivity contribution in [1.29, 1.82) is 0 Å². The van der Waals surface area contributed by atoms with Gasteiger partial charge in [-0.1, -0.05) is 33.6 Å². The smallest absolute Gasteiger partial charge is 0.201 e. The second-order valence-electron chi connectivity index (χ2n) is 3.69. The lowest BCUT2D eigenvalue weighted by Crippen LogP contribution is -1.95. The van der Waals surface area contributed by atoms with Crippen molar-refractivity contribution in [3.63, 3.8) is 0 Å². The van der Waals surface area contributed by atoms with Crippen LogP contribution in [0.2, 0.25) is 5.02 Å². The average molecular weight is 368 g/mol. The summed E-state index contributed by atoms with van der Waals surface area (Å²) < 4.78 is 32.6. The zero-order valence-corrected chi connectivity index (χ0v) is 12.5. The molecule has 0 saturated heterocycles. The average Bonchev–Trinajstić information content (AvgIpc) is 2.35. The highest BCUT2D eigenvalue weighted by Crippen LogP contribution is 2.33. The molecule has 0 aliphatic heterocycles. The van der Waals surface area contributed by atoms with Crippen LogP contribution in [0.5, 0.6) is 11.5 Å². The Kier molecular flexibility index (Phi) is 4.66. The molecule has 0 radical (unpaired) electrons. The molecule has 19 heavy (non-hydrogen) atoms. The van der Waals surface area contributed by atoms with Gasteiger partial charge >= 0.3 is 0 Å². The van der Waals surface area contributed by atoms with E-state index in [-0.39, 0.29) is 11.6 Å². The molecule has 0 spiro atoms. The fraction of sp³-hybridized carbons (Fsp3) is 0.0769. The molecule has 1 nitrogen and oxygen atoms in total. The molecular weight excluding hydrogens is 361 g/mol. The highest BCUT2D eigenvalue weighted by molar-refractivity contribution is 9.10. The lowest BCUT2D eigenvalue weighted by molar-refractivity contribution is 0.413. The number of benzene rings is 2. The molecule has 0 N–H and O–H groups in total. The van der Waals surface area contributed by atoms with Crippen LogP contribution in [0.4, 0.5) is 8.78 Å². The standard InChI is InChI=1S/C13H7BrCl2F2O/c14-8-3-10(17)13(18)12(4-8)19-11-5-9(16)2-1-7(11)6-15/h1-5H,6H2. The maximum atomic E-state index is 13.6. The highest BCUT2D eigenvalue weighted by atomic mass is 79.9. The van der Waals surface area contributed by atoms with Gasteiger partial charge in [-0.2, -0.15) is 4.39 Å². The number of hydrogen-bond acceptors (Lipinski definition) is 1. The van der Waals surface area contributed by atoms with Gasteiger partial charge in [-0.15, -0.1) is 11.6 Å². The molecule has 0 aromatic heterocycles. The summed E-state index contributed by atoms with van der Waals surface area (Å²) >= 11 is 14.7. The van der Waals surface area contributed by atoms with Gasteiger partial charge < -0.3 is 4.74 Å². The van der Waals surface area contributed by atoms with Crippen molar-refractivity contribution in [2.45, 2.75) is 5.88 Å². The topological polar surface area (TPSA) is 9.23 Å². The molecule has 0 unspecified atom stereocenters. The van der Waals surface area contributed by atoms with Gasteiger partial charge in [0.15, 0.2) is 11.6 Å². The quantitative estimate of drug-likeness (QED) is 0.483. The normalized spacial score (nSPS) is 10.6. The number of ether oxygens (including phenoxy) is 1. The van der Waals surface area contributed by atoms with E-state index in [0.29, 0.717) is 20.8 Å². The van der Waals surface area contributed by atoms with Gasteiger partial charge in [-0.25, -0.2) is 4.39 Å². The molecule has 0 aliphatic rings. The molecule has 6 heteroatoms. The Balaban J connectivity index is 2.44. The van der Waals surface area contributed by atoms with Crippen molar-refractivity contribution in [3.8, 4) is 11.5 Å². The first-order valence-electron chi connectivity index (χ1n) is 5.18. The minimum absolute atomic E-state index is 0.171. The number of rotatable bonds is 3. The molecule has 0 atom stereocenters. The first kappa shape index (κ1) is 14.6. The van der Waals surface area contributed by atoms with Gasteiger partial charge in [0.25, 0.3) is 0 Å². The van der Waals surface area contributed by atoms with Crippen molar-refractivity contribution in [1.82, 2.24) is 0 Å². The largest absolute Gasteiger partial charge is 0.454 e. The third kappa shape index (κ3) is 3.38. The third-order valence-corrected chi connectivity index (χ3v) is 3.33. The van der Waals surface area contributed by atoms with Gasteiger partial charge in [0.2, 0.25) is 5.82 Å². The lowest BCUT2D eigenvalue weighted by atomic mass is 10.2. The fourth-order valence-corrected chi connectivity index (χ4v) is 2.25. The minimum atomic E-state index is -1.07. The van der Waals surface area contributed by atoms with Crippen LogP contribution in [0.25, 0.3) is 0 Å². The van der Waals surface area contributed by atoms with Crippen LogP contribution in [0.3, 0.4) is 0 Å². The Bertz CT molecular complexity index is 620. The van der Waals surface area contributed by atoms with E-state index in [1.807, 2.05) is 0 Å². The summed E-state index contributed by atoms with van der Waals surface area (Å²) in [7, 11) is 0. The molecular formula is C13H7BrCl2F2O.